The number of carbonyl (C=O) groups is 1. The van der Waals surface area contributed by atoms with E-state index in [1.54, 1.807) is 13.2 Å². The van der Waals surface area contributed by atoms with E-state index in [1.807, 2.05) is 30.3 Å². The van der Waals surface area contributed by atoms with Gasteiger partial charge in [0, 0.05) is 0 Å². The van der Waals surface area contributed by atoms with Crippen LogP contribution < -0.4 is 14.2 Å². The van der Waals surface area contributed by atoms with E-state index in [9.17, 15) is 4.79 Å². The summed E-state index contributed by atoms with van der Waals surface area (Å²) in [4.78, 5) is 12.2. The molecule has 27 heavy (non-hydrogen) atoms. The first-order valence-electron chi connectivity index (χ1n) is 8.08. The van der Waals surface area contributed by atoms with E-state index in [0.29, 0.717) is 29.0 Å². The molecule has 0 aliphatic rings. The molecule has 2 aromatic carbocycles. The number of methoxy groups -OCH3 is 3. The SMILES string of the molecule is COCOc1cc(OCc2ccc(OC)cc2)cc(C[SeH]=P)c1C(=O)OC. The molecular weight excluding hydrogens is 434 g/mol. The van der Waals surface area contributed by atoms with Gasteiger partial charge in [-0.3, -0.25) is 0 Å². The minimum absolute atomic E-state index is 0.0208. The molecule has 0 heterocycles. The topological polar surface area (TPSA) is 63.2 Å². The van der Waals surface area contributed by atoms with Crippen LogP contribution in [0.5, 0.6) is 17.2 Å². The van der Waals surface area contributed by atoms with Crippen LogP contribution in [0.2, 0.25) is 0 Å². The van der Waals surface area contributed by atoms with E-state index >= 15 is 0 Å². The van der Waals surface area contributed by atoms with Crippen LogP contribution >= 0.6 is 7.49 Å². The zero-order valence-corrected chi connectivity index (χ0v) is 18.4. The molecule has 0 saturated heterocycles. The number of hydrogen-bond acceptors (Lipinski definition) is 6. The van der Waals surface area contributed by atoms with Crippen LogP contribution in [-0.2, 0) is 21.4 Å². The molecule has 0 fully saturated rings. The Morgan fingerprint density at radius 2 is 1.78 bits per heavy atom. The Morgan fingerprint density at radius 3 is 2.37 bits per heavy atom. The molecule has 0 atom stereocenters. The van der Waals surface area contributed by atoms with Crippen LogP contribution in [0.25, 0.3) is 0 Å². The molecule has 0 aliphatic heterocycles. The molecule has 0 unspecified atom stereocenters. The fourth-order valence-corrected chi connectivity index (χ4v) is 4.16. The van der Waals surface area contributed by atoms with Crippen molar-refractivity contribution in [2.24, 2.45) is 0 Å². The van der Waals surface area contributed by atoms with Gasteiger partial charge in [0.15, 0.2) is 0 Å². The van der Waals surface area contributed by atoms with Gasteiger partial charge >= 0.3 is 166 Å². The average molecular weight is 457 g/mol. The third-order valence-corrected chi connectivity index (χ3v) is 5.56. The van der Waals surface area contributed by atoms with Gasteiger partial charge in [0.1, 0.15) is 0 Å². The molecule has 0 N–H and O–H groups in total. The van der Waals surface area contributed by atoms with Gasteiger partial charge in [-0.25, -0.2) is 0 Å². The summed E-state index contributed by atoms with van der Waals surface area (Å²) in [5.41, 5.74) is 2.22. The second-order valence-electron chi connectivity index (χ2n) is 5.45. The van der Waals surface area contributed by atoms with Crippen LogP contribution in [0.1, 0.15) is 21.5 Å². The molecule has 0 spiro atoms. The Hall–Kier alpha value is -1.91. The van der Waals surface area contributed by atoms with Crippen LogP contribution in [-0.4, -0.2) is 48.1 Å². The molecule has 2 rings (SSSR count). The van der Waals surface area contributed by atoms with Gasteiger partial charge in [-0.1, -0.05) is 0 Å². The van der Waals surface area contributed by atoms with E-state index < -0.39 is 5.97 Å². The third-order valence-electron chi connectivity index (χ3n) is 3.69. The first kappa shape index (κ1) is 21.4. The van der Waals surface area contributed by atoms with Crippen LogP contribution in [0, 0.1) is 0 Å². The Balaban J connectivity index is 2.29. The maximum atomic E-state index is 12.2. The number of benzene rings is 2. The summed E-state index contributed by atoms with van der Waals surface area (Å²) in [7, 11) is 8.05. The number of esters is 1. The molecule has 2 aromatic rings. The average Bonchev–Trinajstić information content (AvgIpc) is 2.70. The van der Waals surface area contributed by atoms with Crippen molar-refractivity contribution < 1.29 is 28.5 Å². The summed E-state index contributed by atoms with van der Waals surface area (Å²) in [5.74, 6) is 1.34. The van der Waals surface area contributed by atoms with Crippen molar-refractivity contribution in [2.75, 3.05) is 28.1 Å². The fourth-order valence-electron chi connectivity index (χ4n) is 2.40. The molecule has 0 saturated carbocycles. The van der Waals surface area contributed by atoms with E-state index in [2.05, 4.69) is 7.49 Å². The molecule has 8 heteroatoms. The molecule has 6 nitrogen and oxygen atoms in total. The van der Waals surface area contributed by atoms with E-state index in [1.165, 1.54) is 14.2 Å². The third kappa shape index (κ3) is 6.05. The first-order valence-corrected chi connectivity index (χ1v) is 12.7. The number of rotatable bonds is 10. The number of hydrogen-bond donors (Lipinski definition) is 0. The Bertz CT molecular complexity index is 779. The molecule has 0 radical (unpaired) electrons. The van der Waals surface area contributed by atoms with E-state index in [4.69, 9.17) is 23.7 Å². The Morgan fingerprint density at radius 1 is 1.04 bits per heavy atom. The van der Waals surface area contributed by atoms with Gasteiger partial charge < -0.3 is 0 Å². The summed E-state index contributed by atoms with van der Waals surface area (Å²) in [6, 6.07) is 11.2. The van der Waals surface area contributed by atoms with Crippen molar-refractivity contribution in [1.82, 2.24) is 0 Å². The second-order valence-corrected chi connectivity index (χ2v) is 8.42. The van der Waals surface area contributed by atoms with Gasteiger partial charge in [-0.15, -0.1) is 0 Å². The summed E-state index contributed by atoms with van der Waals surface area (Å²) in [6.07, 6.45) is 0. The number of carbonyl (C=O) groups excluding carboxylic acids is 1. The van der Waals surface area contributed by atoms with Crippen molar-refractivity contribution in [1.29, 1.82) is 0 Å². The van der Waals surface area contributed by atoms with Crippen molar-refractivity contribution in [3.05, 3.63) is 53.1 Å². The zero-order valence-electron chi connectivity index (χ0n) is 15.5. The van der Waals surface area contributed by atoms with Crippen LogP contribution in [0.3, 0.4) is 0 Å². The van der Waals surface area contributed by atoms with Crippen molar-refractivity contribution in [3.8, 4) is 17.2 Å². The molecule has 146 valence electrons. The molecule has 0 aromatic heterocycles. The standard InChI is InChI=1S/C19H23O6PSe/c1-21-12-25-17-9-16(8-14(11-27-26)18(17)19(20)23-3)24-10-13-4-6-15(22-2)7-5-13/h4-9,26-27H,10-12H2,1-3H3. The van der Waals surface area contributed by atoms with Gasteiger partial charge in [0.05, 0.1) is 0 Å². The van der Waals surface area contributed by atoms with E-state index in [-0.39, 0.29) is 20.8 Å². The Labute approximate surface area is 166 Å². The van der Waals surface area contributed by atoms with Gasteiger partial charge in [-0.2, -0.15) is 0 Å². The predicted octanol–water partition coefficient (Wildman–Crippen LogP) is 3.04. The van der Waals surface area contributed by atoms with Gasteiger partial charge in [0.2, 0.25) is 0 Å². The van der Waals surface area contributed by atoms with Crippen LogP contribution in [0.4, 0.5) is 0 Å². The van der Waals surface area contributed by atoms with Gasteiger partial charge in [0.25, 0.3) is 0 Å². The second kappa shape index (κ2) is 11.1. The molecule has 0 bridgehead atoms. The quantitative estimate of drug-likeness (QED) is 0.237. The molecular formula is C19H23O6PSe. The monoisotopic (exact) mass is 458 g/mol. The normalized spacial score (nSPS) is 10.3. The van der Waals surface area contributed by atoms with E-state index in [0.717, 1.165) is 16.9 Å². The molecule has 0 amide bonds. The zero-order chi connectivity index (χ0) is 19.6. The first-order chi connectivity index (χ1) is 13.1. The minimum atomic E-state index is -0.445. The summed E-state index contributed by atoms with van der Waals surface area (Å²) in [5, 5.41) is 0.709. The molecule has 0 aliphatic carbocycles. The fraction of sp³-hybridized carbons (Fsp3) is 0.316. The summed E-state index contributed by atoms with van der Waals surface area (Å²) in [6.45, 7) is 0.402. The number of ether oxygens (including phenoxy) is 5. The summed E-state index contributed by atoms with van der Waals surface area (Å²) < 4.78 is 26.6. The van der Waals surface area contributed by atoms with Crippen LogP contribution in [0.15, 0.2) is 36.4 Å². The Kier molecular flexibility index (Phi) is 8.76. The maximum absolute atomic E-state index is 12.2. The van der Waals surface area contributed by atoms with Gasteiger partial charge in [-0.05, 0) is 0 Å². The van der Waals surface area contributed by atoms with Crippen molar-refractivity contribution >= 4 is 27.5 Å². The summed E-state index contributed by atoms with van der Waals surface area (Å²) >= 11 is -0.136. The van der Waals surface area contributed by atoms with Crippen molar-refractivity contribution in [3.63, 3.8) is 0 Å². The van der Waals surface area contributed by atoms with Crippen molar-refractivity contribution in [2.45, 2.75) is 11.9 Å². The predicted molar refractivity (Wildman–Crippen MR) is 107 cm³/mol.